The van der Waals surface area contributed by atoms with Gasteiger partial charge in [-0.05, 0) is 0 Å². The minimum atomic E-state index is -0.312. The van der Waals surface area contributed by atoms with Crippen LogP contribution in [0.2, 0.25) is 0 Å². The maximum Gasteiger partial charge on any atom is 0.223 e. The van der Waals surface area contributed by atoms with Gasteiger partial charge in [-0.25, -0.2) is 0 Å². The van der Waals surface area contributed by atoms with Crippen LogP contribution in [0.25, 0.3) is 0 Å². The fraction of sp³-hybridized carbons (Fsp3) is 0.500. The molecule has 0 saturated heterocycles. The summed E-state index contributed by atoms with van der Waals surface area (Å²) in [6.07, 6.45) is 0. The molecule has 0 aromatic rings. The Morgan fingerprint density at radius 1 is 0.409 bits per heavy atom. The van der Waals surface area contributed by atoms with E-state index in [-0.39, 0.29) is 52.8 Å². The van der Waals surface area contributed by atoms with Crippen molar-refractivity contribution < 1.29 is 28.8 Å². The van der Waals surface area contributed by atoms with Crippen LogP contribution in [0.1, 0.15) is 41.5 Å². The van der Waals surface area contributed by atoms with Crippen LogP contribution < -0.4 is 16.0 Å². The maximum absolute atomic E-state index is 9.92. The van der Waals surface area contributed by atoms with Crippen LogP contribution in [0, 0.1) is 0 Å². The summed E-state index contributed by atoms with van der Waals surface area (Å²) in [7, 11) is 0. The zero-order chi connectivity index (χ0) is 17.6. The number of amides is 6. The van der Waals surface area contributed by atoms with Crippen LogP contribution in [0.15, 0.2) is 0 Å². The normalized spacial score (nSPS) is 7.36. The zero-order valence-electron chi connectivity index (χ0n) is 12.9. The van der Waals surface area contributed by atoms with Crippen LogP contribution in [0.3, 0.4) is 0 Å². The molecule has 0 aliphatic rings. The van der Waals surface area contributed by atoms with Crippen LogP contribution in [-0.4, -0.2) is 52.8 Å². The van der Waals surface area contributed by atoms with Gasteiger partial charge in [-0.3, -0.25) is 44.7 Å². The monoisotopic (exact) mass is 333 g/mol. The molecule has 10 heteroatoms. The highest BCUT2D eigenvalue weighted by Crippen LogP contribution is 1.60. The van der Waals surface area contributed by atoms with Gasteiger partial charge in [0.2, 0.25) is 35.4 Å². The number of nitrogens with one attached hydrogen (secondary N) is 3. The van der Waals surface area contributed by atoms with E-state index < -0.39 is 0 Å². The van der Waals surface area contributed by atoms with Gasteiger partial charge in [0.1, 0.15) is 0 Å². The molecule has 0 aliphatic carbocycles. The lowest BCUT2D eigenvalue weighted by molar-refractivity contribution is -0.129. The van der Waals surface area contributed by atoms with E-state index in [1.54, 1.807) is 0 Å². The summed E-state index contributed by atoms with van der Waals surface area (Å²) < 4.78 is 0. The maximum atomic E-state index is 9.92. The molecule has 9 nitrogen and oxygen atoms in total. The summed E-state index contributed by atoms with van der Waals surface area (Å²) in [6.45, 7) is 7.76. The lowest BCUT2D eigenvalue weighted by atomic mass is 10.6. The third kappa shape index (κ3) is 52.1. The van der Waals surface area contributed by atoms with Gasteiger partial charge >= 0.3 is 0 Å². The highest BCUT2D eigenvalue weighted by atomic mass is 27.0. The van der Waals surface area contributed by atoms with E-state index in [1.165, 1.54) is 41.5 Å². The third-order valence-corrected chi connectivity index (χ3v) is 1.06. The van der Waals surface area contributed by atoms with Crippen molar-refractivity contribution in [3.63, 3.8) is 0 Å². The number of hydrogen-bond donors (Lipinski definition) is 3. The average molecular weight is 333 g/mol. The Hall–Kier alpha value is -2.05. The van der Waals surface area contributed by atoms with Gasteiger partial charge in [-0.2, -0.15) is 0 Å². The topological polar surface area (TPSA) is 139 Å². The van der Waals surface area contributed by atoms with Gasteiger partial charge in [0.25, 0.3) is 0 Å². The number of carbonyl (C=O) groups is 6. The predicted molar refractivity (Wildman–Crippen MR) is 83.4 cm³/mol. The van der Waals surface area contributed by atoms with E-state index in [4.69, 9.17) is 0 Å². The molecular formula is C12H24AlN3O6. The lowest BCUT2D eigenvalue weighted by Crippen LogP contribution is -2.24. The van der Waals surface area contributed by atoms with Crippen molar-refractivity contribution in [2.45, 2.75) is 41.5 Å². The first-order chi connectivity index (χ1) is 9.38. The Morgan fingerprint density at radius 2 is 0.500 bits per heavy atom. The molecule has 0 rings (SSSR count). The second kappa shape index (κ2) is 17.0. The quantitative estimate of drug-likeness (QED) is 0.431. The minimum absolute atomic E-state index is 0. The van der Waals surface area contributed by atoms with E-state index in [2.05, 4.69) is 0 Å². The Bertz CT molecular complexity index is 325. The molecule has 0 aliphatic heterocycles. The van der Waals surface area contributed by atoms with Crippen molar-refractivity contribution in [3.05, 3.63) is 0 Å². The van der Waals surface area contributed by atoms with Gasteiger partial charge in [0, 0.05) is 41.5 Å². The zero-order valence-corrected chi connectivity index (χ0v) is 12.9. The predicted octanol–water partition coefficient (Wildman–Crippen LogP) is -2.18. The molecule has 0 bridgehead atoms. The molecule has 0 aromatic carbocycles. The van der Waals surface area contributed by atoms with E-state index in [1.807, 2.05) is 16.0 Å². The fourth-order valence-corrected chi connectivity index (χ4v) is 0.744. The molecule has 6 amide bonds. The summed E-state index contributed by atoms with van der Waals surface area (Å²) in [5.41, 5.74) is 0. The summed E-state index contributed by atoms with van der Waals surface area (Å²) in [5.74, 6) is -1.87. The number of imide groups is 3. The first-order valence-corrected chi connectivity index (χ1v) is 5.72. The number of rotatable bonds is 0. The van der Waals surface area contributed by atoms with Crippen LogP contribution in [0.5, 0.6) is 0 Å². The van der Waals surface area contributed by atoms with Gasteiger partial charge in [-0.1, -0.05) is 0 Å². The summed E-state index contributed by atoms with van der Waals surface area (Å²) in [5, 5.41) is 6.08. The minimum Gasteiger partial charge on any atom is -0.297 e. The molecule has 3 N–H and O–H groups in total. The highest BCUT2D eigenvalue weighted by molar-refractivity contribution is 5.93. The van der Waals surface area contributed by atoms with Crippen molar-refractivity contribution in [2.24, 2.45) is 0 Å². The van der Waals surface area contributed by atoms with Crippen molar-refractivity contribution in [1.82, 2.24) is 16.0 Å². The molecular weight excluding hydrogens is 309 g/mol. The lowest BCUT2D eigenvalue weighted by Gasteiger charge is -1.88. The standard InChI is InChI=1S/3C4H7NO2.Al.3H/c3*1-3(6)5-4(2)7;;;;/h3*1-2H3,(H,5,6,7);;;;. The molecule has 0 spiro atoms. The van der Waals surface area contributed by atoms with Gasteiger partial charge < -0.3 is 0 Å². The Morgan fingerprint density at radius 3 is 0.500 bits per heavy atom. The van der Waals surface area contributed by atoms with Gasteiger partial charge in [0.15, 0.2) is 17.4 Å². The molecule has 0 fully saturated rings. The van der Waals surface area contributed by atoms with Crippen molar-refractivity contribution in [3.8, 4) is 0 Å². The SMILES string of the molecule is CC(=O)NC(C)=O.CC(=O)NC(C)=O.CC(=O)NC(C)=O.[AlH3]. The van der Waals surface area contributed by atoms with Crippen LogP contribution in [-0.2, 0) is 28.8 Å². The number of hydrogen-bond acceptors (Lipinski definition) is 6. The van der Waals surface area contributed by atoms with E-state index in [0.29, 0.717) is 0 Å². The molecule has 22 heavy (non-hydrogen) atoms. The first kappa shape index (κ1) is 28.2. The molecule has 0 radical (unpaired) electrons. The largest absolute Gasteiger partial charge is 0.297 e. The van der Waals surface area contributed by atoms with Crippen LogP contribution in [0.4, 0.5) is 0 Å². The molecule has 0 saturated carbocycles. The fourth-order valence-electron chi connectivity index (χ4n) is 0.744. The Kier molecular flexibility index (Phi) is 21.8. The molecule has 0 unspecified atom stereocenters. The van der Waals surface area contributed by atoms with Gasteiger partial charge in [0.05, 0.1) is 0 Å². The van der Waals surface area contributed by atoms with Crippen molar-refractivity contribution in [2.75, 3.05) is 0 Å². The molecule has 0 heterocycles. The Labute approximate surface area is 139 Å². The summed E-state index contributed by atoms with van der Waals surface area (Å²) in [6, 6.07) is 0. The van der Waals surface area contributed by atoms with Crippen LogP contribution >= 0.6 is 0 Å². The van der Waals surface area contributed by atoms with E-state index in [0.717, 1.165) is 0 Å². The third-order valence-electron chi connectivity index (χ3n) is 1.06. The van der Waals surface area contributed by atoms with Crippen molar-refractivity contribution >= 4 is 52.8 Å². The van der Waals surface area contributed by atoms with E-state index >= 15 is 0 Å². The highest BCUT2D eigenvalue weighted by Gasteiger charge is 1.91. The summed E-state index contributed by atoms with van der Waals surface area (Å²) in [4.78, 5) is 59.5. The molecule has 0 aromatic heterocycles. The second-order valence-corrected chi connectivity index (χ2v) is 3.71. The average Bonchev–Trinajstić information content (AvgIpc) is 2.10. The van der Waals surface area contributed by atoms with E-state index in [9.17, 15) is 28.8 Å². The van der Waals surface area contributed by atoms with Crippen molar-refractivity contribution in [1.29, 1.82) is 0 Å². The number of carbonyl (C=O) groups excluding carboxylic acids is 6. The molecule has 0 atom stereocenters. The smallest absolute Gasteiger partial charge is 0.223 e. The van der Waals surface area contributed by atoms with Gasteiger partial charge in [-0.15, -0.1) is 0 Å². The Balaban J connectivity index is -0.000000108. The first-order valence-electron chi connectivity index (χ1n) is 5.72. The second-order valence-electron chi connectivity index (χ2n) is 3.71. The summed E-state index contributed by atoms with van der Waals surface area (Å²) >= 11 is 0. The molecule has 126 valence electrons.